The molecule has 0 bridgehead atoms. The van der Waals surface area contributed by atoms with E-state index in [0.29, 0.717) is 17.5 Å². The molecule has 1 unspecified atom stereocenters. The number of benzene rings is 1. The van der Waals surface area contributed by atoms with Gasteiger partial charge in [0.15, 0.2) is 0 Å². The third kappa shape index (κ3) is 3.49. The molecule has 0 aliphatic heterocycles. The summed E-state index contributed by atoms with van der Waals surface area (Å²) in [6.45, 7) is 3.94. The molecule has 1 fully saturated rings. The average molecular weight is 345 g/mol. The standard InChI is InChI=1S/C19H27N3O3/c1-3-19(2,10-11-23)21-17(24)13-8-9-16-15(12-13)20-18(25)22(16)14-6-4-5-7-14/h8-9,12,14,23H,3-7,10-11H2,1-2H3,(H,20,25)(H,21,24). The minimum atomic E-state index is -0.440. The van der Waals surface area contributed by atoms with Gasteiger partial charge in [-0.25, -0.2) is 4.79 Å². The van der Waals surface area contributed by atoms with Gasteiger partial charge in [0.05, 0.1) is 11.0 Å². The van der Waals surface area contributed by atoms with E-state index < -0.39 is 5.54 Å². The van der Waals surface area contributed by atoms with Crippen molar-refractivity contribution in [3.05, 3.63) is 34.2 Å². The zero-order chi connectivity index (χ0) is 18.0. The number of carbonyl (C=O) groups excluding carboxylic acids is 1. The van der Waals surface area contributed by atoms with Crippen molar-refractivity contribution in [2.24, 2.45) is 0 Å². The highest BCUT2D eigenvalue weighted by atomic mass is 16.3. The van der Waals surface area contributed by atoms with Crippen molar-refractivity contribution in [2.75, 3.05) is 6.61 Å². The van der Waals surface area contributed by atoms with Crippen molar-refractivity contribution in [2.45, 2.75) is 64.0 Å². The molecule has 0 spiro atoms. The van der Waals surface area contributed by atoms with Crippen molar-refractivity contribution in [3.63, 3.8) is 0 Å². The number of nitrogens with zero attached hydrogens (tertiary/aromatic N) is 1. The van der Waals surface area contributed by atoms with Gasteiger partial charge in [-0.3, -0.25) is 9.36 Å². The first-order valence-corrected chi connectivity index (χ1v) is 9.15. The van der Waals surface area contributed by atoms with Crippen LogP contribution in [0.15, 0.2) is 23.0 Å². The van der Waals surface area contributed by atoms with Gasteiger partial charge in [0.2, 0.25) is 0 Å². The van der Waals surface area contributed by atoms with Crippen LogP contribution < -0.4 is 11.0 Å². The van der Waals surface area contributed by atoms with Gasteiger partial charge in [0.25, 0.3) is 5.91 Å². The van der Waals surface area contributed by atoms with E-state index in [0.717, 1.165) is 37.6 Å². The molecule has 3 rings (SSSR count). The molecule has 6 heteroatoms. The van der Waals surface area contributed by atoms with Gasteiger partial charge in [-0.15, -0.1) is 0 Å². The first kappa shape index (κ1) is 17.7. The SMILES string of the molecule is CCC(C)(CCO)NC(=O)c1ccc2c(c1)[nH]c(=O)n2C1CCCC1. The molecule has 1 aromatic heterocycles. The maximum Gasteiger partial charge on any atom is 0.326 e. The Labute approximate surface area is 147 Å². The van der Waals surface area contributed by atoms with Crippen LogP contribution in [0, 0.1) is 0 Å². The van der Waals surface area contributed by atoms with Gasteiger partial charge in [0.1, 0.15) is 0 Å². The van der Waals surface area contributed by atoms with Crippen LogP contribution in [-0.2, 0) is 0 Å². The minimum Gasteiger partial charge on any atom is -0.396 e. The quantitative estimate of drug-likeness (QED) is 0.752. The Morgan fingerprint density at radius 3 is 2.76 bits per heavy atom. The monoisotopic (exact) mass is 345 g/mol. The molecule has 0 radical (unpaired) electrons. The summed E-state index contributed by atoms with van der Waals surface area (Å²) in [5, 5.41) is 12.2. The van der Waals surface area contributed by atoms with Gasteiger partial charge in [-0.1, -0.05) is 19.8 Å². The smallest absolute Gasteiger partial charge is 0.326 e. The second-order valence-corrected chi connectivity index (χ2v) is 7.31. The van der Waals surface area contributed by atoms with Gasteiger partial charge >= 0.3 is 5.69 Å². The van der Waals surface area contributed by atoms with Crippen LogP contribution >= 0.6 is 0 Å². The lowest BCUT2D eigenvalue weighted by molar-refractivity contribution is 0.0886. The number of H-pyrrole nitrogens is 1. The zero-order valence-corrected chi connectivity index (χ0v) is 15.0. The van der Waals surface area contributed by atoms with Crippen LogP contribution in [0.1, 0.15) is 68.8 Å². The van der Waals surface area contributed by atoms with Crippen LogP contribution in [-0.4, -0.2) is 32.7 Å². The van der Waals surface area contributed by atoms with Gasteiger partial charge in [-0.05, 0) is 50.8 Å². The Balaban J connectivity index is 1.89. The van der Waals surface area contributed by atoms with Gasteiger partial charge < -0.3 is 15.4 Å². The lowest BCUT2D eigenvalue weighted by atomic mass is 9.94. The summed E-state index contributed by atoms with van der Waals surface area (Å²) < 4.78 is 1.84. The number of amides is 1. The van der Waals surface area contributed by atoms with E-state index in [4.69, 9.17) is 0 Å². The molecule has 1 aliphatic rings. The molecule has 0 saturated heterocycles. The predicted octanol–water partition coefficient (Wildman–Crippen LogP) is 2.73. The highest BCUT2D eigenvalue weighted by Crippen LogP contribution is 2.30. The van der Waals surface area contributed by atoms with Crippen LogP contribution in [0.25, 0.3) is 11.0 Å². The first-order valence-electron chi connectivity index (χ1n) is 9.15. The fourth-order valence-electron chi connectivity index (χ4n) is 3.72. The van der Waals surface area contributed by atoms with Crippen LogP contribution in [0.3, 0.4) is 0 Å². The molecule has 1 amide bonds. The van der Waals surface area contributed by atoms with Crippen LogP contribution in [0.2, 0.25) is 0 Å². The number of carbonyl (C=O) groups is 1. The highest BCUT2D eigenvalue weighted by Gasteiger charge is 2.25. The Kier molecular flexibility index (Phi) is 4.99. The number of imidazole rings is 1. The number of aliphatic hydroxyl groups excluding tert-OH is 1. The summed E-state index contributed by atoms with van der Waals surface area (Å²) in [5.41, 5.74) is 1.54. The third-order valence-electron chi connectivity index (χ3n) is 5.53. The predicted molar refractivity (Wildman–Crippen MR) is 97.9 cm³/mol. The minimum absolute atomic E-state index is 0.0290. The Morgan fingerprint density at radius 2 is 2.12 bits per heavy atom. The fourth-order valence-corrected chi connectivity index (χ4v) is 3.72. The van der Waals surface area contributed by atoms with E-state index >= 15 is 0 Å². The van der Waals surface area contributed by atoms with Crippen molar-refractivity contribution in [1.82, 2.24) is 14.9 Å². The number of fused-ring (bicyclic) bond motifs is 1. The third-order valence-corrected chi connectivity index (χ3v) is 5.53. The number of rotatable bonds is 6. The summed E-state index contributed by atoms with van der Waals surface area (Å²) in [7, 11) is 0. The number of hydrogen-bond donors (Lipinski definition) is 3. The number of aromatic amines is 1. The maximum atomic E-state index is 12.6. The summed E-state index contributed by atoms with van der Waals surface area (Å²) in [5.74, 6) is -0.186. The normalized spacial score (nSPS) is 17.7. The summed E-state index contributed by atoms with van der Waals surface area (Å²) in [4.78, 5) is 27.8. The molecule has 6 nitrogen and oxygen atoms in total. The molecule has 2 aromatic rings. The largest absolute Gasteiger partial charge is 0.396 e. The van der Waals surface area contributed by atoms with Crippen LogP contribution in [0.5, 0.6) is 0 Å². The van der Waals surface area contributed by atoms with Crippen molar-refractivity contribution >= 4 is 16.9 Å². The summed E-state index contributed by atoms with van der Waals surface area (Å²) in [6.07, 6.45) is 5.62. The van der Waals surface area contributed by atoms with Gasteiger partial charge in [0, 0.05) is 23.8 Å². The lowest BCUT2D eigenvalue weighted by Crippen LogP contribution is -2.46. The Hall–Kier alpha value is -2.08. The van der Waals surface area contributed by atoms with Crippen molar-refractivity contribution in [3.8, 4) is 0 Å². The summed E-state index contributed by atoms with van der Waals surface area (Å²) >= 11 is 0. The second kappa shape index (κ2) is 7.04. The molecule has 1 saturated carbocycles. The Bertz CT molecular complexity index is 817. The molecule has 3 N–H and O–H groups in total. The van der Waals surface area contributed by atoms with E-state index in [1.165, 1.54) is 0 Å². The second-order valence-electron chi connectivity index (χ2n) is 7.31. The average Bonchev–Trinajstić information content (AvgIpc) is 3.20. The summed E-state index contributed by atoms with van der Waals surface area (Å²) in [6, 6.07) is 5.63. The molecular formula is C19H27N3O3. The van der Waals surface area contributed by atoms with E-state index in [1.807, 2.05) is 24.5 Å². The van der Waals surface area contributed by atoms with Crippen LogP contribution in [0.4, 0.5) is 0 Å². The molecule has 1 heterocycles. The van der Waals surface area contributed by atoms with Crippen molar-refractivity contribution in [1.29, 1.82) is 0 Å². The van der Waals surface area contributed by atoms with E-state index in [1.54, 1.807) is 12.1 Å². The molecule has 136 valence electrons. The van der Waals surface area contributed by atoms with Gasteiger partial charge in [-0.2, -0.15) is 0 Å². The molecule has 1 aliphatic carbocycles. The molecule has 1 aromatic carbocycles. The molecule has 1 atom stereocenters. The lowest BCUT2D eigenvalue weighted by Gasteiger charge is -2.29. The zero-order valence-electron chi connectivity index (χ0n) is 15.0. The van der Waals surface area contributed by atoms with E-state index in [9.17, 15) is 14.7 Å². The van der Waals surface area contributed by atoms with Crippen molar-refractivity contribution < 1.29 is 9.90 Å². The number of hydrogen-bond acceptors (Lipinski definition) is 3. The van der Waals surface area contributed by atoms with E-state index in [2.05, 4.69) is 10.3 Å². The first-order chi connectivity index (χ1) is 12.0. The molecular weight excluding hydrogens is 318 g/mol. The maximum absolute atomic E-state index is 12.6. The fraction of sp³-hybridized carbons (Fsp3) is 0.579. The topological polar surface area (TPSA) is 87.1 Å². The number of aromatic nitrogens is 2. The Morgan fingerprint density at radius 1 is 1.40 bits per heavy atom. The highest BCUT2D eigenvalue weighted by molar-refractivity contribution is 5.97. The molecule has 25 heavy (non-hydrogen) atoms. The number of aliphatic hydroxyl groups is 1. The number of nitrogens with one attached hydrogen (secondary N) is 2. The van der Waals surface area contributed by atoms with E-state index in [-0.39, 0.29) is 24.2 Å².